The van der Waals surface area contributed by atoms with Gasteiger partial charge in [0.15, 0.2) is 14.9 Å². The molecule has 2 N–H and O–H groups in total. The van der Waals surface area contributed by atoms with E-state index < -0.39 is 20.9 Å². The van der Waals surface area contributed by atoms with Crippen LogP contribution in [0.2, 0.25) is 0 Å². The molecule has 5 rings (SSSR count). The molecule has 0 saturated heterocycles. The molecule has 3 aliphatic carbocycles. The predicted octanol–water partition coefficient (Wildman–Crippen LogP) is 3.62. The Balaban J connectivity index is 1.56. The molecule has 1 aromatic carbocycles. The summed E-state index contributed by atoms with van der Waals surface area (Å²) in [6, 6.07) is 9.77. The predicted molar refractivity (Wildman–Crippen MR) is 129 cm³/mol. The van der Waals surface area contributed by atoms with Crippen LogP contribution in [0.4, 0.5) is 0 Å². The molecule has 0 unspecified atom stereocenters. The SMILES string of the molecule is Cc1c(S(C)(=O)=O)nc([C@]2(OCC3CC3)CC[C@@](C(N)=O)(c3ccccc3)CC2)n1CC1CC1. The van der Waals surface area contributed by atoms with E-state index in [0.29, 0.717) is 55.6 Å². The third kappa shape index (κ3) is 4.31. The number of amides is 1. The van der Waals surface area contributed by atoms with E-state index in [4.69, 9.17) is 15.5 Å². The molecule has 0 aliphatic heterocycles. The van der Waals surface area contributed by atoms with Gasteiger partial charge < -0.3 is 15.0 Å². The van der Waals surface area contributed by atoms with Crippen molar-refractivity contribution in [3.05, 3.63) is 47.4 Å². The summed E-state index contributed by atoms with van der Waals surface area (Å²) in [4.78, 5) is 17.5. The van der Waals surface area contributed by atoms with Crippen LogP contribution >= 0.6 is 0 Å². The van der Waals surface area contributed by atoms with E-state index in [1.54, 1.807) is 0 Å². The van der Waals surface area contributed by atoms with Crippen molar-refractivity contribution in [2.75, 3.05) is 12.9 Å². The summed E-state index contributed by atoms with van der Waals surface area (Å²) in [5.74, 6) is 1.50. The highest BCUT2D eigenvalue weighted by Crippen LogP contribution is 2.50. The molecule has 2 aromatic rings. The number of ether oxygens (including phenoxy) is 1. The number of benzene rings is 1. The number of aromatic nitrogens is 2. The largest absolute Gasteiger partial charge is 0.369 e. The highest BCUT2D eigenvalue weighted by Gasteiger charge is 2.51. The number of imidazole rings is 1. The standard InChI is InChI=1S/C26H35N3O4S/c1-18-22(34(2,31)32)28-24(29(18)16-19-8-9-19)26(33-17-20-10-11-20)14-12-25(13-15-26,23(27)30)21-6-4-3-5-7-21/h3-7,19-20H,8-17H2,1-2H3,(H2,27,30)/t25-,26-. The second kappa shape index (κ2) is 8.48. The lowest BCUT2D eigenvalue weighted by Crippen LogP contribution is -2.49. The number of nitrogens with zero attached hydrogens (tertiary/aromatic N) is 2. The Bertz CT molecular complexity index is 1170. The average Bonchev–Trinajstić information content (AvgIpc) is 3.73. The molecule has 3 fully saturated rings. The topological polar surface area (TPSA) is 104 Å². The fourth-order valence-corrected chi connectivity index (χ4v) is 6.40. The monoisotopic (exact) mass is 485 g/mol. The van der Waals surface area contributed by atoms with Gasteiger partial charge in [-0.1, -0.05) is 30.3 Å². The van der Waals surface area contributed by atoms with Crippen molar-refractivity contribution in [2.24, 2.45) is 17.6 Å². The quantitative estimate of drug-likeness (QED) is 0.584. The van der Waals surface area contributed by atoms with Gasteiger partial charge in [0, 0.05) is 12.8 Å². The normalized spacial score (nSPS) is 27.6. The van der Waals surface area contributed by atoms with Gasteiger partial charge in [0.1, 0.15) is 11.4 Å². The molecule has 1 amide bonds. The van der Waals surface area contributed by atoms with Crippen LogP contribution in [0.5, 0.6) is 0 Å². The number of carbonyl (C=O) groups excluding carboxylic acids is 1. The van der Waals surface area contributed by atoms with Crippen molar-refractivity contribution in [3.63, 3.8) is 0 Å². The Morgan fingerprint density at radius 1 is 1.09 bits per heavy atom. The zero-order valence-corrected chi connectivity index (χ0v) is 20.9. The Labute approximate surface area is 202 Å². The molecule has 1 aromatic heterocycles. The lowest BCUT2D eigenvalue weighted by molar-refractivity contribution is -0.133. The van der Waals surface area contributed by atoms with Crippen molar-refractivity contribution in [1.82, 2.24) is 9.55 Å². The van der Waals surface area contributed by atoms with Crippen molar-refractivity contribution in [1.29, 1.82) is 0 Å². The van der Waals surface area contributed by atoms with Gasteiger partial charge in [0.2, 0.25) is 5.91 Å². The Kier molecular flexibility index (Phi) is 5.88. The van der Waals surface area contributed by atoms with E-state index in [2.05, 4.69) is 4.57 Å². The van der Waals surface area contributed by atoms with Crippen molar-refractivity contribution in [2.45, 2.75) is 80.9 Å². The Morgan fingerprint density at radius 3 is 2.24 bits per heavy atom. The van der Waals surface area contributed by atoms with E-state index in [1.165, 1.54) is 6.26 Å². The third-order valence-corrected chi connectivity index (χ3v) is 9.16. The maximum Gasteiger partial charge on any atom is 0.228 e. The summed E-state index contributed by atoms with van der Waals surface area (Å²) in [5, 5.41) is 0.146. The number of rotatable bonds is 9. The van der Waals surface area contributed by atoms with Gasteiger partial charge in [-0.3, -0.25) is 4.79 Å². The Morgan fingerprint density at radius 2 is 1.71 bits per heavy atom. The van der Waals surface area contributed by atoms with Gasteiger partial charge in [-0.15, -0.1) is 0 Å². The van der Waals surface area contributed by atoms with Gasteiger partial charge in [0.05, 0.1) is 17.7 Å². The molecule has 0 radical (unpaired) electrons. The lowest BCUT2D eigenvalue weighted by atomic mass is 9.64. The summed E-state index contributed by atoms with van der Waals surface area (Å²) >= 11 is 0. The van der Waals surface area contributed by atoms with Gasteiger partial charge >= 0.3 is 0 Å². The summed E-state index contributed by atoms with van der Waals surface area (Å²) in [6.07, 6.45) is 8.08. The zero-order chi connectivity index (χ0) is 24.1. The van der Waals surface area contributed by atoms with Gasteiger partial charge in [0.25, 0.3) is 0 Å². The molecule has 0 atom stereocenters. The molecule has 0 bridgehead atoms. The van der Waals surface area contributed by atoms with E-state index in [-0.39, 0.29) is 10.9 Å². The molecule has 0 spiro atoms. The molecule has 3 saturated carbocycles. The first-order valence-electron chi connectivity index (χ1n) is 12.4. The van der Waals surface area contributed by atoms with E-state index in [1.807, 2.05) is 37.3 Å². The minimum atomic E-state index is -3.48. The zero-order valence-electron chi connectivity index (χ0n) is 20.1. The average molecular weight is 486 g/mol. The summed E-state index contributed by atoms with van der Waals surface area (Å²) in [5.41, 5.74) is 6.15. The van der Waals surface area contributed by atoms with E-state index >= 15 is 0 Å². The first-order chi connectivity index (χ1) is 16.1. The van der Waals surface area contributed by atoms with Gasteiger partial charge in [-0.2, -0.15) is 0 Å². The second-order valence-corrected chi connectivity index (χ2v) is 12.6. The minimum Gasteiger partial charge on any atom is -0.369 e. The fourth-order valence-electron chi connectivity index (χ4n) is 5.50. The Hall–Kier alpha value is -2.19. The van der Waals surface area contributed by atoms with Crippen LogP contribution in [0.1, 0.15) is 68.4 Å². The number of nitrogens with two attached hydrogens (primary N) is 1. The van der Waals surface area contributed by atoms with Crippen LogP contribution in [0.3, 0.4) is 0 Å². The highest BCUT2D eigenvalue weighted by molar-refractivity contribution is 7.90. The molecular formula is C26H35N3O4S. The molecule has 34 heavy (non-hydrogen) atoms. The molecular weight excluding hydrogens is 450 g/mol. The van der Waals surface area contributed by atoms with Crippen molar-refractivity contribution in [3.8, 4) is 0 Å². The third-order valence-electron chi connectivity index (χ3n) is 8.08. The van der Waals surface area contributed by atoms with Crippen LogP contribution in [-0.4, -0.2) is 36.7 Å². The number of primary amides is 1. The lowest BCUT2D eigenvalue weighted by Gasteiger charge is -2.45. The molecule has 184 valence electrons. The first-order valence-corrected chi connectivity index (χ1v) is 14.3. The number of hydrogen-bond donors (Lipinski definition) is 1. The van der Waals surface area contributed by atoms with Crippen LogP contribution in [0, 0.1) is 18.8 Å². The minimum absolute atomic E-state index is 0.146. The molecule has 3 aliphatic rings. The maximum atomic E-state index is 12.8. The van der Waals surface area contributed by atoms with E-state index in [0.717, 1.165) is 37.8 Å². The maximum absolute atomic E-state index is 12.8. The van der Waals surface area contributed by atoms with E-state index in [9.17, 15) is 13.2 Å². The first kappa shape index (κ1) is 23.5. The molecule has 8 heteroatoms. The van der Waals surface area contributed by atoms with Crippen LogP contribution in [0.15, 0.2) is 35.4 Å². The summed E-state index contributed by atoms with van der Waals surface area (Å²) < 4.78 is 33.9. The van der Waals surface area contributed by atoms with Crippen molar-refractivity contribution >= 4 is 15.7 Å². The van der Waals surface area contributed by atoms with Crippen LogP contribution < -0.4 is 5.73 Å². The summed E-state index contributed by atoms with van der Waals surface area (Å²) in [7, 11) is -3.48. The fraction of sp³-hybridized carbons (Fsp3) is 0.615. The smallest absolute Gasteiger partial charge is 0.228 e. The summed E-state index contributed by atoms with van der Waals surface area (Å²) in [6.45, 7) is 3.25. The number of sulfone groups is 1. The van der Waals surface area contributed by atoms with Gasteiger partial charge in [-0.25, -0.2) is 13.4 Å². The molecule has 1 heterocycles. The van der Waals surface area contributed by atoms with Crippen LogP contribution in [-0.2, 0) is 36.9 Å². The second-order valence-electron chi connectivity index (χ2n) is 10.7. The number of hydrogen-bond acceptors (Lipinski definition) is 5. The number of carbonyl (C=O) groups is 1. The molecule has 7 nitrogen and oxygen atoms in total. The van der Waals surface area contributed by atoms with Crippen molar-refractivity contribution < 1.29 is 17.9 Å². The van der Waals surface area contributed by atoms with Crippen LogP contribution in [0.25, 0.3) is 0 Å². The highest BCUT2D eigenvalue weighted by atomic mass is 32.2. The van der Waals surface area contributed by atoms with Gasteiger partial charge in [-0.05, 0) is 75.7 Å².